The molecule has 0 aromatic rings. The largest absolute Gasteiger partial charge is 0.395 e. The Hall–Kier alpha value is -0.690. The number of carbonyl (C=O) groups is 1. The van der Waals surface area contributed by atoms with E-state index in [0.717, 1.165) is 32.1 Å². The van der Waals surface area contributed by atoms with E-state index in [1.807, 2.05) is 20.8 Å². The van der Waals surface area contributed by atoms with Crippen molar-refractivity contribution in [2.24, 2.45) is 28.4 Å². The molecule has 0 radical (unpaired) electrons. The van der Waals surface area contributed by atoms with E-state index in [1.54, 1.807) is 0 Å². The second kappa shape index (κ2) is 6.43. The summed E-state index contributed by atoms with van der Waals surface area (Å²) in [7, 11) is 0. The number of rotatable bonds is 6. The molecule has 0 aliphatic heterocycles. The van der Waals surface area contributed by atoms with Crippen molar-refractivity contribution in [3.8, 4) is 0 Å². The summed E-state index contributed by atoms with van der Waals surface area (Å²) in [4.78, 5) is 15.2. The minimum atomic E-state index is -1.14. The monoisotopic (exact) mass is 368 g/mol. The highest BCUT2D eigenvalue weighted by atomic mass is 16.3. The lowest BCUT2D eigenvalue weighted by molar-refractivity contribution is -0.206. The fraction of sp³-hybridized carbons (Fsp3) is 0.950. The van der Waals surface area contributed by atoms with Gasteiger partial charge in [-0.2, -0.15) is 0 Å². The zero-order chi connectivity index (χ0) is 19.4. The first kappa shape index (κ1) is 20.1. The number of hydrogen-bond donors (Lipinski definition) is 4. The van der Waals surface area contributed by atoms with E-state index < -0.39 is 22.0 Å². The third-order valence-electron chi connectivity index (χ3n) is 7.41. The van der Waals surface area contributed by atoms with E-state index in [9.17, 15) is 20.1 Å². The molecule has 0 spiro atoms. The van der Waals surface area contributed by atoms with Crippen LogP contribution in [0.25, 0.3) is 0 Å². The summed E-state index contributed by atoms with van der Waals surface area (Å²) in [5, 5.41) is 30.0. The number of aliphatic hydroxyl groups excluding tert-OH is 2. The van der Waals surface area contributed by atoms with Crippen molar-refractivity contribution >= 4 is 5.91 Å². The summed E-state index contributed by atoms with van der Waals surface area (Å²) in [6.07, 6.45) is 5.15. The van der Waals surface area contributed by atoms with Crippen molar-refractivity contribution in [1.82, 2.24) is 4.90 Å². The average molecular weight is 369 g/mol. The van der Waals surface area contributed by atoms with E-state index in [4.69, 9.17) is 5.73 Å². The maximum atomic E-state index is 13.7. The van der Waals surface area contributed by atoms with Crippen molar-refractivity contribution in [2.45, 2.75) is 70.4 Å². The highest BCUT2D eigenvalue weighted by molar-refractivity contribution is 5.88. The lowest BCUT2D eigenvalue weighted by Crippen LogP contribution is -2.76. The third kappa shape index (κ3) is 2.89. The Morgan fingerprint density at radius 1 is 1.08 bits per heavy atom. The first-order valence-corrected chi connectivity index (χ1v) is 10.0. The molecule has 6 heteroatoms. The van der Waals surface area contributed by atoms with Crippen molar-refractivity contribution in [1.29, 1.82) is 0 Å². The topological polar surface area (TPSA) is 107 Å². The number of nitrogens with zero attached hydrogens (tertiary/aromatic N) is 1. The molecule has 0 heterocycles. The maximum absolute atomic E-state index is 13.7. The van der Waals surface area contributed by atoms with Gasteiger partial charge in [0.2, 0.25) is 5.91 Å². The van der Waals surface area contributed by atoms with Gasteiger partial charge in [0.05, 0.1) is 18.8 Å². The number of nitrogens with two attached hydrogens (primary N) is 1. The van der Waals surface area contributed by atoms with Crippen LogP contribution in [0.5, 0.6) is 0 Å². The van der Waals surface area contributed by atoms with Crippen molar-refractivity contribution in [3.05, 3.63) is 0 Å². The minimum absolute atomic E-state index is 0.159. The molecular weight excluding hydrogens is 332 g/mol. The zero-order valence-corrected chi connectivity index (χ0v) is 16.5. The number of hydrogen-bond acceptors (Lipinski definition) is 5. The van der Waals surface area contributed by atoms with E-state index >= 15 is 0 Å². The Kier molecular flexibility index (Phi) is 4.96. The Bertz CT molecular complexity index is 539. The van der Waals surface area contributed by atoms with Crippen LogP contribution in [-0.2, 0) is 4.79 Å². The van der Waals surface area contributed by atoms with Crippen LogP contribution in [0.2, 0.25) is 0 Å². The second-order valence-corrected chi connectivity index (χ2v) is 10.3. The smallest absolute Gasteiger partial charge is 0.243 e. The maximum Gasteiger partial charge on any atom is 0.243 e. The molecule has 4 rings (SSSR count). The van der Waals surface area contributed by atoms with Crippen LogP contribution < -0.4 is 5.73 Å². The standard InChI is InChI=1S/C20H36N2O4/c1-17(2,3)20(21,16(25)22(4-6-23)5-7-24)18-9-14-8-15(10-18)12-19(26,11-14)13-18/h14-15,23-24,26H,4-13,21H2,1-3H3/t14-,15+,18?,19?,20-/m0/s1. The van der Waals surface area contributed by atoms with Gasteiger partial charge in [-0.3, -0.25) is 4.79 Å². The molecule has 4 bridgehead atoms. The quantitative estimate of drug-likeness (QED) is 0.557. The molecule has 150 valence electrons. The van der Waals surface area contributed by atoms with Gasteiger partial charge < -0.3 is 26.0 Å². The van der Waals surface area contributed by atoms with Crippen LogP contribution in [0.3, 0.4) is 0 Å². The third-order valence-corrected chi connectivity index (χ3v) is 7.41. The Labute approximate surface area is 156 Å². The molecule has 0 aromatic heterocycles. The van der Waals surface area contributed by atoms with Crippen molar-refractivity contribution < 1.29 is 20.1 Å². The molecule has 2 unspecified atom stereocenters. The summed E-state index contributed by atoms with van der Waals surface area (Å²) >= 11 is 0. The summed E-state index contributed by atoms with van der Waals surface area (Å²) in [6.45, 7) is 6.03. The molecule has 1 amide bonds. The van der Waals surface area contributed by atoms with Gasteiger partial charge in [-0.05, 0) is 55.8 Å². The first-order chi connectivity index (χ1) is 12.0. The molecule has 0 saturated heterocycles. The lowest BCUT2D eigenvalue weighted by Gasteiger charge is -2.67. The summed E-state index contributed by atoms with van der Waals surface area (Å²) < 4.78 is 0. The van der Waals surface area contributed by atoms with Gasteiger partial charge >= 0.3 is 0 Å². The molecule has 5 N–H and O–H groups in total. The average Bonchev–Trinajstić information content (AvgIpc) is 2.49. The van der Waals surface area contributed by atoms with Crippen molar-refractivity contribution in [3.63, 3.8) is 0 Å². The fourth-order valence-electron chi connectivity index (χ4n) is 6.82. The van der Waals surface area contributed by atoms with E-state index in [-0.39, 0.29) is 32.2 Å². The van der Waals surface area contributed by atoms with E-state index in [1.165, 1.54) is 4.90 Å². The molecule has 4 aliphatic rings. The van der Waals surface area contributed by atoms with Crippen LogP contribution in [0.1, 0.15) is 59.3 Å². The predicted octanol–water partition coefficient (Wildman–Crippen LogP) is 0.875. The van der Waals surface area contributed by atoms with Crippen LogP contribution in [0.15, 0.2) is 0 Å². The summed E-state index contributed by atoms with van der Waals surface area (Å²) in [5.74, 6) is 0.672. The van der Waals surface area contributed by atoms with Gasteiger partial charge in [-0.25, -0.2) is 0 Å². The van der Waals surface area contributed by atoms with Crippen molar-refractivity contribution in [2.75, 3.05) is 26.3 Å². The molecule has 5 atom stereocenters. The Balaban J connectivity index is 2.04. The van der Waals surface area contributed by atoms with Gasteiger partial charge in [0.25, 0.3) is 0 Å². The SMILES string of the molecule is CC(C)(C)[C@@](N)(C(=O)N(CCO)CCO)C12C[C@@H]3C[C@@H](CC(O)(C3)C1)C2. The molecule has 26 heavy (non-hydrogen) atoms. The van der Waals surface area contributed by atoms with Crippen LogP contribution in [-0.4, -0.2) is 63.6 Å². The zero-order valence-electron chi connectivity index (χ0n) is 16.5. The number of aliphatic hydroxyl groups is 3. The first-order valence-electron chi connectivity index (χ1n) is 10.0. The van der Waals surface area contributed by atoms with Gasteiger partial charge in [-0.15, -0.1) is 0 Å². The lowest BCUT2D eigenvalue weighted by atomic mass is 9.40. The highest BCUT2D eigenvalue weighted by Crippen LogP contribution is 2.67. The summed E-state index contributed by atoms with van der Waals surface area (Å²) in [5.41, 5.74) is 4.30. The molecule has 0 aromatic carbocycles. The minimum Gasteiger partial charge on any atom is -0.395 e. The Morgan fingerprint density at radius 2 is 1.58 bits per heavy atom. The fourth-order valence-corrected chi connectivity index (χ4v) is 6.82. The van der Waals surface area contributed by atoms with Gasteiger partial charge in [0.1, 0.15) is 5.54 Å². The number of carbonyl (C=O) groups excluding carboxylic acids is 1. The highest BCUT2D eigenvalue weighted by Gasteiger charge is 2.68. The van der Waals surface area contributed by atoms with Crippen LogP contribution >= 0.6 is 0 Å². The Morgan fingerprint density at radius 3 is 1.96 bits per heavy atom. The molecular formula is C20H36N2O4. The van der Waals surface area contributed by atoms with Gasteiger partial charge in [-0.1, -0.05) is 20.8 Å². The molecule has 4 saturated carbocycles. The molecule has 4 fully saturated rings. The van der Waals surface area contributed by atoms with E-state index in [0.29, 0.717) is 18.3 Å². The van der Waals surface area contributed by atoms with Crippen LogP contribution in [0, 0.1) is 22.7 Å². The molecule has 6 nitrogen and oxygen atoms in total. The molecule has 4 aliphatic carbocycles. The van der Waals surface area contributed by atoms with Crippen LogP contribution in [0.4, 0.5) is 0 Å². The second-order valence-electron chi connectivity index (χ2n) is 10.3. The summed E-state index contributed by atoms with van der Waals surface area (Å²) in [6, 6.07) is 0. The van der Waals surface area contributed by atoms with Gasteiger partial charge in [0, 0.05) is 18.5 Å². The van der Waals surface area contributed by atoms with E-state index in [2.05, 4.69) is 0 Å². The normalized spacial score (nSPS) is 38.3. The van der Waals surface area contributed by atoms with Gasteiger partial charge in [0.15, 0.2) is 0 Å². The number of amides is 1. The predicted molar refractivity (Wildman–Crippen MR) is 99.2 cm³/mol.